The first-order valence-corrected chi connectivity index (χ1v) is 9.83. The van der Waals surface area contributed by atoms with Crippen molar-refractivity contribution in [3.63, 3.8) is 0 Å². The Morgan fingerprint density at radius 1 is 1.13 bits per heavy atom. The number of piperidine rings is 1. The minimum absolute atomic E-state index is 0.0988. The molecular formula is C22H22FN5O2. The van der Waals surface area contributed by atoms with Gasteiger partial charge in [0, 0.05) is 42.7 Å². The average molecular weight is 407 g/mol. The Morgan fingerprint density at radius 3 is 2.57 bits per heavy atom. The fourth-order valence-electron chi connectivity index (χ4n) is 3.62. The molecule has 3 heterocycles. The second-order valence-corrected chi connectivity index (χ2v) is 7.42. The highest BCUT2D eigenvalue weighted by Crippen LogP contribution is 2.23. The number of anilines is 1. The molecule has 0 bridgehead atoms. The van der Waals surface area contributed by atoms with E-state index in [0.29, 0.717) is 48.6 Å². The highest BCUT2D eigenvalue weighted by Gasteiger charge is 2.29. The Bertz CT molecular complexity index is 1060. The molecule has 0 atom stereocenters. The monoisotopic (exact) mass is 407 g/mol. The molecular weight excluding hydrogens is 385 g/mol. The predicted molar refractivity (Wildman–Crippen MR) is 110 cm³/mol. The molecule has 1 aliphatic rings. The summed E-state index contributed by atoms with van der Waals surface area (Å²) in [7, 11) is 0. The number of hydrogen-bond donors (Lipinski definition) is 2. The van der Waals surface area contributed by atoms with Gasteiger partial charge in [0.15, 0.2) is 0 Å². The van der Waals surface area contributed by atoms with Crippen molar-refractivity contribution in [3.05, 3.63) is 65.9 Å². The summed E-state index contributed by atoms with van der Waals surface area (Å²) in [6.07, 6.45) is 4.50. The molecule has 2 aromatic heterocycles. The summed E-state index contributed by atoms with van der Waals surface area (Å²) in [5, 5.41) is 9.90. The molecule has 3 aromatic rings. The van der Waals surface area contributed by atoms with E-state index in [2.05, 4.69) is 20.5 Å². The zero-order valence-corrected chi connectivity index (χ0v) is 16.6. The number of amides is 2. The van der Waals surface area contributed by atoms with E-state index in [1.54, 1.807) is 36.4 Å². The molecule has 0 spiro atoms. The molecule has 0 saturated carbocycles. The Kier molecular flexibility index (Phi) is 5.56. The first-order chi connectivity index (χ1) is 14.5. The Hall–Kier alpha value is -3.55. The maximum atomic E-state index is 13.2. The summed E-state index contributed by atoms with van der Waals surface area (Å²) >= 11 is 0. The number of H-pyrrole nitrogens is 1. The lowest BCUT2D eigenvalue weighted by atomic mass is 9.95. The first kappa shape index (κ1) is 19.8. The third kappa shape index (κ3) is 4.22. The van der Waals surface area contributed by atoms with E-state index in [-0.39, 0.29) is 23.5 Å². The van der Waals surface area contributed by atoms with Gasteiger partial charge < -0.3 is 10.2 Å². The number of carbonyl (C=O) groups is 2. The van der Waals surface area contributed by atoms with Gasteiger partial charge >= 0.3 is 0 Å². The molecule has 0 radical (unpaired) electrons. The van der Waals surface area contributed by atoms with Gasteiger partial charge in [0.2, 0.25) is 5.91 Å². The van der Waals surface area contributed by atoms with Gasteiger partial charge in [-0.25, -0.2) is 4.39 Å². The van der Waals surface area contributed by atoms with Gasteiger partial charge in [0.05, 0.1) is 5.69 Å². The van der Waals surface area contributed by atoms with Crippen LogP contribution in [0, 0.1) is 18.7 Å². The van der Waals surface area contributed by atoms with Crippen LogP contribution in [0.5, 0.6) is 0 Å². The zero-order chi connectivity index (χ0) is 21.1. The van der Waals surface area contributed by atoms with Gasteiger partial charge in [-0.15, -0.1) is 0 Å². The van der Waals surface area contributed by atoms with E-state index in [1.807, 2.05) is 12.1 Å². The highest BCUT2D eigenvalue weighted by atomic mass is 19.1. The summed E-state index contributed by atoms with van der Waals surface area (Å²) in [6, 6.07) is 9.68. The standard InChI is InChI=1S/C22H22FN5O2/c1-14-12-17(23)2-3-18(14)25-21(29)16-6-10-28(11-7-16)22(30)20-13-19(26-27-20)15-4-8-24-9-5-15/h2-5,8-9,12-13,16H,6-7,10-11H2,1H3,(H,25,29)(H,26,27). The minimum Gasteiger partial charge on any atom is -0.337 e. The van der Waals surface area contributed by atoms with Crippen molar-refractivity contribution in [2.24, 2.45) is 5.92 Å². The SMILES string of the molecule is Cc1cc(F)ccc1NC(=O)C1CCN(C(=O)c2cc(-c3ccncc3)n[nH]2)CC1. The molecule has 8 heteroatoms. The van der Waals surface area contributed by atoms with Crippen LogP contribution in [-0.2, 0) is 4.79 Å². The van der Waals surface area contributed by atoms with Gasteiger partial charge in [0.25, 0.3) is 5.91 Å². The number of nitrogens with one attached hydrogen (secondary N) is 2. The number of aromatic nitrogens is 3. The van der Waals surface area contributed by atoms with E-state index in [4.69, 9.17) is 0 Å². The van der Waals surface area contributed by atoms with Crippen molar-refractivity contribution < 1.29 is 14.0 Å². The fraction of sp³-hybridized carbons (Fsp3) is 0.273. The largest absolute Gasteiger partial charge is 0.337 e. The molecule has 1 saturated heterocycles. The number of halogens is 1. The molecule has 154 valence electrons. The number of rotatable bonds is 4. The van der Waals surface area contributed by atoms with Crippen LogP contribution in [0.4, 0.5) is 10.1 Å². The molecule has 1 aromatic carbocycles. The number of carbonyl (C=O) groups excluding carboxylic acids is 2. The fourth-order valence-corrected chi connectivity index (χ4v) is 3.62. The Morgan fingerprint density at radius 2 is 1.87 bits per heavy atom. The minimum atomic E-state index is -0.330. The van der Waals surface area contributed by atoms with E-state index in [0.717, 1.165) is 5.56 Å². The topological polar surface area (TPSA) is 91.0 Å². The van der Waals surface area contributed by atoms with Crippen molar-refractivity contribution in [3.8, 4) is 11.3 Å². The van der Waals surface area contributed by atoms with Crippen LogP contribution < -0.4 is 5.32 Å². The van der Waals surface area contributed by atoms with Gasteiger partial charge in [-0.05, 0) is 61.7 Å². The number of aryl methyl sites for hydroxylation is 1. The van der Waals surface area contributed by atoms with Gasteiger partial charge in [-0.3, -0.25) is 19.7 Å². The average Bonchev–Trinajstić information content (AvgIpc) is 3.26. The number of nitrogens with zero attached hydrogens (tertiary/aromatic N) is 3. The smallest absolute Gasteiger partial charge is 0.271 e. The molecule has 4 rings (SSSR count). The summed E-state index contributed by atoms with van der Waals surface area (Å²) < 4.78 is 13.2. The maximum Gasteiger partial charge on any atom is 0.271 e. The molecule has 2 amide bonds. The van der Waals surface area contributed by atoms with Crippen molar-refractivity contribution in [1.82, 2.24) is 20.1 Å². The molecule has 0 aliphatic carbocycles. The van der Waals surface area contributed by atoms with Crippen molar-refractivity contribution >= 4 is 17.5 Å². The van der Waals surface area contributed by atoms with Crippen LogP contribution in [0.25, 0.3) is 11.3 Å². The normalized spacial score (nSPS) is 14.5. The Balaban J connectivity index is 1.34. The van der Waals surface area contributed by atoms with E-state index < -0.39 is 0 Å². The second-order valence-electron chi connectivity index (χ2n) is 7.42. The predicted octanol–water partition coefficient (Wildman–Crippen LogP) is 3.41. The molecule has 2 N–H and O–H groups in total. The van der Waals surface area contributed by atoms with Crippen LogP contribution in [-0.4, -0.2) is 45.0 Å². The van der Waals surface area contributed by atoms with E-state index in [9.17, 15) is 14.0 Å². The van der Waals surface area contributed by atoms with Gasteiger partial charge in [-0.2, -0.15) is 5.10 Å². The van der Waals surface area contributed by atoms with Crippen LogP contribution in [0.15, 0.2) is 48.8 Å². The van der Waals surface area contributed by atoms with Gasteiger partial charge in [0.1, 0.15) is 11.5 Å². The lowest BCUT2D eigenvalue weighted by Crippen LogP contribution is -2.41. The summed E-state index contributed by atoms with van der Waals surface area (Å²) in [4.78, 5) is 31.1. The first-order valence-electron chi connectivity index (χ1n) is 9.83. The quantitative estimate of drug-likeness (QED) is 0.693. The van der Waals surface area contributed by atoms with E-state index >= 15 is 0 Å². The van der Waals surface area contributed by atoms with Crippen LogP contribution in [0.2, 0.25) is 0 Å². The number of hydrogen-bond acceptors (Lipinski definition) is 4. The number of aromatic amines is 1. The number of benzene rings is 1. The highest BCUT2D eigenvalue weighted by molar-refractivity contribution is 5.95. The second kappa shape index (κ2) is 8.44. The van der Waals surface area contributed by atoms with Crippen LogP contribution >= 0.6 is 0 Å². The molecule has 0 unspecified atom stereocenters. The van der Waals surface area contributed by atoms with Crippen molar-refractivity contribution in [1.29, 1.82) is 0 Å². The Labute approximate surface area is 173 Å². The molecule has 7 nitrogen and oxygen atoms in total. The van der Waals surface area contributed by atoms with Crippen molar-refractivity contribution in [2.75, 3.05) is 18.4 Å². The lowest BCUT2D eigenvalue weighted by Gasteiger charge is -2.31. The van der Waals surface area contributed by atoms with Crippen LogP contribution in [0.1, 0.15) is 28.9 Å². The summed E-state index contributed by atoms with van der Waals surface area (Å²) in [5.41, 5.74) is 3.28. The molecule has 1 aliphatic heterocycles. The molecule has 30 heavy (non-hydrogen) atoms. The van der Waals surface area contributed by atoms with Crippen LogP contribution in [0.3, 0.4) is 0 Å². The molecule has 1 fully saturated rings. The maximum absolute atomic E-state index is 13.2. The van der Waals surface area contributed by atoms with Gasteiger partial charge in [-0.1, -0.05) is 0 Å². The third-order valence-corrected chi connectivity index (χ3v) is 5.38. The number of likely N-dealkylation sites (tertiary alicyclic amines) is 1. The number of pyridine rings is 1. The van der Waals surface area contributed by atoms with Crippen molar-refractivity contribution in [2.45, 2.75) is 19.8 Å². The third-order valence-electron chi connectivity index (χ3n) is 5.38. The lowest BCUT2D eigenvalue weighted by molar-refractivity contribution is -0.121. The van der Waals surface area contributed by atoms with E-state index in [1.165, 1.54) is 12.1 Å². The summed E-state index contributed by atoms with van der Waals surface area (Å²) in [6.45, 7) is 2.73. The summed E-state index contributed by atoms with van der Waals surface area (Å²) in [5.74, 6) is -0.745. The zero-order valence-electron chi connectivity index (χ0n) is 16.6.